The Balaban J connectivity index is 2.38. The minimum Gasteiger partial charge on any atom is -0.492 e. The SMILES string of the molecule is CCOC(=O)C(N)C(=O)N(C)CCOc1ccc(C)cc1. The number of rotatable bonds is 7. The third-order valence-corrected chi connectivity index (χ3v) is 2.90. The van der Waals surface area contributed by atoms with E-state index in [1.165, 1.54) is 4.90 Å². The lowest BCUT2D eigenvalue weighted by molar-refractivity contribution is -0.150. The molecule has 0 bridgehead atoms. The first-order valence-electron chi connectivity index (χ1n) is 6.82. The highest BCUT2D eigenvalue weighted by molar-refractivity contribution is 6.01. The summed E-state index contributed by atoms with van der Waals surface area (Å²) in [5.74, 6) is -0.467. The van der Waals surface area contributed by atoms with E-state index in [9.17, 15) is 9.59 Å². The third kappa shape index (κ3) is 5.43. The molecule has 0 fully saturated rings. The third-order valence-electron chi connectivity index (χ3n) is 2.90. The predicted octanol–water partition coefficient (Wildman–Crippen LogP) is 0.723. The number of likely N-dealkylation sites (N-methyl/N-ethyl adjacent to an activating group) is 1. The Morgan fingerprint density at radius 2 is 1.90 bits per heavy atom. The second-order valence-electron chi connectivity index (χ2n) is 4.65. The van der Waals surface area contributed by atoms with Crippen LogP contribution in [0, 0.1) is 6.92 Å². The van der Waals surface area contributed by atoms with E-state index in [0.29, 0.717) is 13.2 Å². The standard InChI is InChI=1S/C15H22N2O4/c1-4-20-15(19)13(16)14(18)17(3)9-10-21-12-7-5-11(2)6-8-12/h5-8,13H,4,9-10,16H2,1-3H3. The number of amides is 1. The predicted molar refractivity (Wildman–Crippen MR) is 78.9 cm³/mol. The van der Waals surface area contributed by atoms with Crippen LogP contribution < -0.4 is 10.5 Å². The maximum atomic E-state index is 11.9. The van der Waals surface area contributed by atoms with E-state index in [4.69, 9.17) is 15.2 Å². The molecule has 2 N–H and O–H groups in total. The van der Waals surface area contributed by atoms with E-state index in [1.807, 2.05) is 31.2 Å². The lowest BCUT2D eigenvalue weighted by Gasteiger charge is -2.20. The number of hydrogen-bond donors (Lipinski definition) is 1. The molecule has 0 saturated carbocycles. The van der Waals surface area contributed by atoms with Crippen molar-refractivity contribution in [3.05, 3.63) is 29.8 Å². The maximum Gasteiger partial charge on any atom is 0.332 e. The number of carbonyl (C=O) groups excluding carboxylic acids is 2. The molecule has 0 heterocycles. The summed E-state index contributed by atoms with van der Waals surface area (Å²) in [6.45, 7) is 4.50. The molecule has 1 aromatic rings. The molecule has 0 saturated heterocycles. The molecule has 0 aliphatic heterocycles. The number of esters is 1. The molecule has 116 valence electrons. The van der Waals surface area contributed by atoms with E-state index < -0.39 is 17.9 Å². The van der Waals surface area contributed by atoms with Crippen molar-refractivity contribution in [2.24, 2.45) is 5.73 Å². The van der Waals surface area contributed by atoms with Crippen LogP contribution in [0.25, 0.3) is 0 Å². The van der Waals surface area contributed by atoms with Gasteiger partial charge in [0.25, 0.3) is 5.91 Å². The van der Waals surface area contributed by atoms with Crippen molar-refractivity contribution < 1.29 is 19.1 Å². The molecule has 0 spiro atoms. The van der Waals surface area contributed by atoms with Gasteiger partial charge in [-0.3, -0.25) is 4.79 Å². The summed E-state index contributed by atoms with van der Waals surface area (Å²) in [6.07, 6.45) is 0. The Morgan fingerprint density at radius 3 is 2.48 bits per heavy atom. The van der Waals surface area contributed by atoms with Crippen LogP contribution in [0.3, 0.4) is 0 Å². The first-order valence-corrected chi connectivity index (χ1v) is 6.82. The fraction of sp³-hybridized carbons (Fsp3) is 0.467. The lowest BCUT2D eigenvalue weighted by atomic mass is 10.2. The highest BCUT2D eigenvalue weighted by atomic mass is 16.5. The number of ether oxygens (including phenoxy) is 2. The van der Waals surface area contributed by atoms with Gasteiger partial charge in [0.1, 0.15) is 12.4 Å². The van der Waals surface area contributed by atoms with E-state index in [1.54, 1.807) is 14.0 Å². The summed E-state index contributed by atoms with van der Waals surface area (Å²) in [7, 11) is 1.57. The van der Waals surface area contributed by atoms with Gasteiger partial charge in [0.05, 0.1) is 13.2 Å². The van der Waals surface area contributed by atoms with Gasteiger partial charge in [-0.1, -0.05) is 17.7 Å². The summed E-state index contributed by atoms with van der Waals surface area (Å²) in [5, 5.41) is 0. The van der Waals surface area contributed by atoms with Crippen molar-refractivity contribution in [2.75, 3.05) is 26.8 Å². The van der Waals surface area contributed by atoms with Gasteiger partial charge in [0, 0.05) is 7.05 Å². The molecule has 1 unspecified atom stereocenters. The Morgan fingerprint density at radius 1 is 1.29 bits per heavy atom. The Labute approximate surface area is 124 Å². The summed E-state index contributed by atoms with van der Waals surface area (Å²) < 4.78 is 10.2. The van der Waals surface area contributed by atoms with Gasteiger partial charge in [-0.15, -0.1) is 0 Å². The van der Waals surface area contributed by atoms with Gasteiger partial charge in [-0.2, -0.15) is 0 Å². The lowest BCUT2D eigenvalue weighted by Crippen LogP contribution is -2.48. The van der Waals surface area contributed by atoms with Gasteiger partial charge in [-0.25, -0.2) is 4.79 Å². The van der Waals surface area contributed by atoms with E-state index in [2.05, 4.69) is 0 Å². The second-order valence-corrected chi connectivity index (χ2v) is 4.65. The van der Waals surface area contributed by atoms with Crippen LogP contribution in [0.2, 0.25) is 0 Å². The van der Waals surface area contributed by atoms with Crippen LogP contribution in [-0.4, -0.2) is 49.6 Å². The first-order chi connectivity index (χ1) is 9.95. The quantitative estimate of drug-likeness (QED) is 0.592. The van der Waals surface area contributed by atoms with Crippen LogP contribution in [0.4, 0.5) is 0 Å². The van der Waals surface area contributed by atoms with E-state index in [-0.39, 0.29) is 6.61 Å². The smallest absolute Gasteiger partial charge is 0.332 e. The average molecular weight is 294 g/mol. The molecule has 1 atom stereocenters. The van der Waals surface area contributed by atoms with E-state index in [0.717, 1.165) is 11.3 Å². The summed E-state index contributed by atoms with van der Waals surface area (Å²) in [5.41, 5.74) is 6.69. The number of aryl methyl sites for hydroxylation is 1. The van der Waals surface area contributed by atoms with Crippen LogP contribution in [0.5, 0.6) is 5.75 Å². The number of benzene rings is 1. The molecular weight excluding hydrogens is 272 g/mol. The number of hydrogen-bond acceptors (Lipinski definition) is 5. The zero-order chi connectivity index (χ0) is 15.8. The molecule has 0 aliphatic carbocycles. The molecule has 6 heteroatoms. The normalized spacial score (nSPS) is 11.6. The van der Waals surface area contributed by atoms with Gasteiger partial charge < -0.3 is 20.1 Å². The summed E-state index contributed by atoms with van der Waals surface area (Å²) in [6, 6.07) is 6.33. The fourth-order valence-electron chi connectivity index (χ4n) is 1.62. The highest BCUT2D eigenvalue weighted by Gasteiger charge is 2.26. The van der Waals surface area contributed by atoms with Crippen molar-refractivity contribution in [1.29, 1.82) is 0 Å². The zero-order valence-electron chi connectivity index (χ0n) is 12.7. The molecule has 1 amide bonds. The van der Waals surface area contributed by atoms with Crippen molar-refractivity contribution in [2.45, 2.75) is 19.9 Å². The van der Waals surface area contributed by atoms with Crippen LogP contribution >= 0.6 is 0 Å². The van der Waals surface area contributed by atoms with Gasteiger partial charge in [0.15, 0.2) is 6.04 Å². The summed E-state index contributed by atoms with van der Waals surface area (Å²) in [4.78, 5) is 24.6. The minimum atomic E-state index is -1.28. The summed E-state index contributed by atoms with van der Waals surface area (Å²) >= 11 is 0. The Hall–Kier alpha value is -2.08. The molecule has 0 aromatic heterocycles. The van der Waals surface area contributed by atoms with Gasteiger partial charge in [-0.05, 0) is 26.0 Å². The Kier molecular flexibility index (Phi) is 6.68. The Bertz CT molecular complexity index is 473. The largest absolute Gasteiger partial charge is 0.492 e. The van der Waals surface area contributed by atoms with Gasteiger partial charge in [0.2, 0.25) is 0 Å². The van der Waals surface area contributed by atoms with Crippen LogP contribution in [0.15, 0.2) is 24.3 Å². The van der Waals surface area contributed by atoms with Crippen molar-refractivity contribution in [3.63, 3.8) is 0 Å². The molecule has 1 rings (SSSR count). The maximum absolute atomic E-state index is 11.9. The van der Waals surface area contributed by atoms with Crippen molar-refractivity contribution in [3.8, 4) is 5.75 Å². The minimum absolute atomic E-state index is 0.195. The molecule has 1 aromatic carbocycles. The fourth-order valence-corrected chi connectivity index (χ4v) is 1.62. The van der Waals surface area contributed by atoms with Crippen LogP contribution in [0.1, 0.15) is 12.5 Å². The van der Waals surface area contributed by atoms with Crippen molar-refractivity contribution >= 4 is 11.9 Å². The van der Waals surface area contributed by atoms with E-state index >= 15 is 0 Å². The topological polar surface area (TPSA) is 81.9 Å². The van der Waals surface area contributed by atoms with Crippen molar-refractivity contribution in [1.82, 2.24) is 4.90 Å². The van der Waals surface area contributed by atoms with Gasteiger partial charge >= 0.3 is 5.97 Å². The van der Waals surface area contributed by atoms with Crippen LogP contribution in [-0.2, 0) is 14.3 Å². The monoisotopic (exact) mass is 294 g/mol. The highest BCUT2D eigenvalue weighted by Crippen LogP contribution is 2.11. The molecule has 0 aliphatic rings. The average Bonchev–Trinajstić information content (AvgIpc) is 2.47. The zero-order valence-corrected chi connectivity index (χ0v) is 12.7. The molecule has 21 heavy (non-hydrogen) atoms. The number of nitrogens with zero attached hydrogens (tertiary/aromatic N) is 1. The molecule has 6 nitrogen and oxygen atoms in total. The second kappa shape index (κ2) is 8.26. The molecular formula is C15H22N2O4. The number of nitrogens with two attached hydrogens (primary N) is 1. The number of carbonyl (C=O) groups is 2. The first kappa shape index (κ1) is 17.0. The molecule has 0 radical (unpaired) electrons.